The van der Waals surface area contributed by atoms with Crippen LogP contribution < -0.4 is 15.0 Å². The van der Waals surface area contributed by atoms with Crippen molar-refractivity contribution in [2.24, 2.45) is 5.92 Å². The summed E-state index contributed by atoms with van der Waals surface area (Å²) in [6.45, 7) is 5.49. The number of nitrogens with one attached hydrogen (secondary N) is 1. The maximum Gasteiger partial charge on any atom is 0.255 e. The van der Waals surface area contributed by atoms with Crippen LogP contribution in [0.5, 0.6) is 5.75 Å². The number of nitrogens with zero attached hydrogens (tertiary/aromatic N) is 2. The summed E-state index contributed by atoms with van der Waals surface area (Å²) in [6, 6.07) is 14.3. The molecule has 5 nitrogen and oxygen atoms in total. The molecule has 1 atom stereocenters. The molecule has 1 amide bonds. The molecule has 6 heteroatoms. The van der Waals surface area contributed by atoms with Crippen molar-refractivity contribution in [3.63, 3.8) is 0 Å². The minimum Gasteiger partial charge on any atom is -0.489 e. The van der Waals surface area contributed by atoms with Crippen molar-refractivity contribution in [1.82, 2.24) is 10.2 Å². The van der Waals surface area contributed by atoms with Crippen LogP contribution in [0.25, 0.3) is 0 Å². The van der Waals surface area contributed by atoms with Gasteiger partial charge in [0, 0.05) is 24.2 Å². The molecule has 0 radical (unpaired) electrons. The largest absolute Gasteiger partial charge is 0.489 e. The Labute approximate surface area is 182 Å². The van der Waals surface area contributed by atoms with Crippen molar-refractivity contribution in [2.75, 3.05) is 44.2 Å². The van der Waals surface area contributed by atoms with Crippen LogP contribution in [0, 0.1) is 5.92 Å². The zero-order valence-corrected chi connectivity index (χ0v) is 17.9. The van der Waals surface area contributed by atoms with Gasteiger partial charge in [0.15, 0.2) is 5.75 Å². The number of ether oxygens (including phenoxy) is 1. The fourth-order valence-electron chi connectivity index (χ4n) is 5.03. The van der Waals surface area contributed by atoms with Crippen molar-refractivity contribution in [3.8, 4) is 5.75 Å². The second-order valence-electron chi connectivity index (χ2n) is 8.59. The number of anilines is 1. The van der Waals surface area contributed by atoms with E-state index in [4.69, 9.17) is 16.3 Å². The number of rotatable bonds is 5. The van der Waals surface area contributed by atoms with E-state index in [9.17, 15) is 4.79 Å². The van der Waals surface area contributed by atoms with Crippen molar-refractivity contribution in [3.05, 3.63) is 58.6 Å². The van der Waals surface area contributed by atoms with Crippen molar-refractivity contribution in [2.45, 2.75) is 25.3 Å². The van der Waals surface area contributed by atoms with E-state index in [1.807, 2.05) is 12.1 Å². The molecule has 0 saturated carbocycles. The molecule has 158 valence electrons. The molecule has 2 aromatic rings. The normalized spacial score (nSPS) is 24.8. The number of carbonyl (C=O) groups is 1. The maximum absolute atomic E-state index is 13.2. The van der Waals surface area contributed by atoms with Crippen LogP contribution in [0.4, 0.5) is 5.69 Å². The summed E-state index contributed by atoms with van der Waals surface area (Å²) < 4.78 is 5.99. The van der Waals surface area contributed by atoms with Crippen molar-refractivity contribution < 1.29 is 9.53 Å². The van der Waals surface area contributed by atoms with Crippen LogP contribution in [0.15, 0.2) is 42.5 Å². The second-order valence-corrected chi connectivity index (χ2v) is 9.03. The molecule has 1 unspecified atom stereocenters. The zero-order valence-electron chi connectivity index (χ0n) is 17.1. The standard InChI is InChI=1S/C24H28ClN3O2/c25-19-14-20(24(29)26-21-16-27-9-7-18(21)8-10-27)23-22(15-19)28(12-13-30-23)11-6-17-4-2-1-3-5-17/h1-5,14-15,18,21H,6-13,16H2,(H,26,29). The highest BCUT2D eigenvalue weighted by molar-refractivity contribution is 6.31. The average Bonchev–Trinajstić information content (AvgIpc) is 2.78. The molecular weight excluding hydrogens is 398 g/mol. The molecule has 2 aromatic carbocycles. The first-order chi connectivity index (χ1) is 14.7. The fourth-order valence-corrected chi connectivity index (χ4v) is 5.24. The molecule has 3 fully saturated rings. The SMILES string of the molecule is O=C(NC1CN2CCC1CC2)c1cc(Cl)cc2c1OCCN2CCc1ccccc1. The van der Waals surface area contributed by atoms with Crippen LogP contribution in [0.2, 0.25) is 5.02 Å². The molecule has 0 aliphatic carbocycles. The first-order valence-corrected chi connectivity index (χ1v) is 11.3. The van der Waals surface area contributed by atoms with E-state index >= 15 is 0 Å². The van der Waals surface area contributed by atoms with Crippen LogP contribution in [0.3, 0.4) is 0 Å². The number of carbonyl (C=O) groups excluding carboxylic acids is 1. The third-order valence-electron chi connectivity index (χ3n) is 6.71. The summed E-state index contributed by atoms with van der Waals surface area (Å²) in [5, 5.41) is 3.85. The minimum atomic E-state index is -0.0718. The molecule has 4 aliphatic rings. The molecule has 6 rings (SSSR count). The van der Waals surface area contributed by atoms with Gasteiger partial charge >= 0.3 is 0 Å². The van der Waals surface area contributed by atoms with Gasteiger partial charge in [-0.2, -0.15) is 0 Å². The lowest BCUT2D eigenvalue weighted by atomic mass is 9.84. The van der Waals surface area contributed by atoms with E-state index in [0.29, 0.717) is 28.9 Å². The molecule has 30 heavy (non-hydrogen) atoms. The number of benzene rings is 2. The summed E-state index contributed by atoms with van der Waals surface area (Å²) in [7, 11) is 0. The van der Waals surface area contributed by atoms with Gasteiger partial charge in [0.25, 0.3) is 5.91 Å². The highest BCUT2D eigenvalue weighted by Gasteiger charge is 2.36. The molecule has 2 bridgehead atoms. The van der Waals surface area contributed by atoms with Gasteiger partial charge in [0.1, 0.15) is 6.61 Å². The van der Waals surface area contributed by atoms with Crippen LogP contribution in [0.1, 0.15) is 28.8 Å². The Morgan fingerprint density at radius 3 is 2.67 bits per heavy atom. The van der Waals surface area contributed by atoms with Crippen LogP contribution in [-0.2, 0) is 6.42 Å². The predicted molar refractivity (Wildman–Crippen MR) is 120 cm³/mol. The van der Waals surface area contributed by atoms with E-state index < -0.39 is 0 Å². The van der Waals surface area contributed by atoms with E-state index in [-0.39, 0.29) is 11.9 Å². The zero-order chi connectivity index (χ0) is 20.5. The highest BCUT2D eigenvalue weighted by Crippen LogP contribution is 2.38. The Hall–Kier alpha value is -2.24. The Morgan fingerprint density at radius 1 is 1.13 bits per heavy atom. The van der Waals surface area contributed by atoms with Gasteiger partial charge in [0.2, 0.25) is 0 Å². The Morgan fingerprint density at radius 2 is 1.93 bits per heavy atom. The quantitative estimate of drug-likeness (QED) is 0.794. The molecule has 3 saturated heterocycles. The third-order valence-corrected chi connectivity index (χ3v) is 6.93. The van der Waals surface area contributed by atoms with Crippen molar-refractivity contribution >= 4 is 23.2 Å². The minimum absolute atomic E-state index is 0.0718. The van der Waals surface area contributed by atoms with Gasteiger partial charge in [-0.3, -0.25) is 4.79 Å². The van der Waals surface area contributed by atoms with Gasteiger partial charge in [-0.05, 0) is 56.0 Å². The summed E-state index contributed by atoms with van der Waals surface area (Å²) >= 11 is 6.44. The number of piperidine rings is 3. The van der Waals surface area contributed by atoms with Crippen LogP contribution >= 0.6 is 11.6 Å². The topological polar surface area (TPSA) is 44.8 Å². The number of hydrogen-bond acceptors (Lipinski definition) is 4. The van der Waals surface area contributed by atoms with E-state index in [1.165, 1.54) is 18.4 Å². The predicted octanol–water partition coefficient (Wildman–Crippen LogP) is 3.61. The van der Waals surface area contributed by atoms with Crippen LogP contribution in [-0.4, -0.2) is 56.2 Å². The number of fused-ring (bicyclic) bond motifs is 4. The van der Waals surface area contributed by atoms with Gasteiger partial charge in [-0.1, -0.05) is 41.9 Å². The maximum atomic E-state index is 13.2. The van der Waals surface area contributed by atoms with Gasteiger partial charge in [-0.25, -0.2) is 0 Å². The summed E-state index contributed by atoms with van der Waals surface area (Å²) in [6.07, 6.45) is 3.28. The molecular formula is C24H28ClN3O2. The van der Waals surface area contributed by atoms with E-state index in [1.54, 1.807) is 6.07 Å². The number of hydrogen-bond donors (Lipinski definition) is 1. The van der Waals surface area contributed by atoms with E-state index in [0.717, 1.165) is 44.8 Å². The fraction of sp³-hybridized carbons (Fsp3) is 0.458. The van der Waals surface area contributed by atoms with Crippen molar-refractivity contribution in [1.29, 1.82) is 0 Å². The number of halogens is 1. The lowest BCUT2D eigenvalue weighted by Crippen LogP contribution is -2.57. The Balaban J connectivity index is 1.35. The summed E-state index contributed by atoms with van der Waals surface area (Å²) in [5.74, 6) is 1.17. The summed E-state index contributed by atoms with van der Waals surface area (Å²) in [4.78, 5) is 17.9. The van der Waals surface area contributed by atoms with Gasteiger partial charge in [-0.15, -0.1) is 0 Å². The molecule has 0 aromatic heterocycles. The molecule has 4 aliphatic heterocycles. The Bertz CT molecular complexity index is 912. The molecule has 0 spiro atoms. The summed E-state index contributed by atoms with van der Waals surface area (Å²) in [5.41, 5.74) is 2.77. The molecule has 1 N–H and O–H groups in total. The highest BCUT2D eigenvalue weighted by atomic mass is 35.5. The third kappa shape index (κ3) is 4.01. The lowest BCUT2D eigenvalue weighted by Gasteiger charge is -2.45. The first kappa shape index (κ1) is 19.7. The average molecular weight is 426 g/mol. The Kier molecular flexibility index (Phi) is 5.57. The first-order valence-electron chi connectivity index (χ1n) is 11.0. The lowest BCUT2D eigenvalue weighted by molar-refractivity contribution is 0.0618. The van der Waals surface area contributed by atoms with Gasteiger partial charge in [0.05, 0.1) is 17.8 Å². The number of amides is 1. The monoisotopic (exact) mass is 425 g/mol. The molecule has 4 heterocycles. The second kappa shape index (κ2) is 8.48. The van der Waals surface area contributed by atoms with E-state index in [2.05, 4.69) is 39.4 Å². The smallest absolute Gasteiger partial charge is 0.255 e. The van der Waals surface area contributed by atoms with Gasteiger partial charge < -0.3 is 19.9 Å².